The minimum absolute atomic E-state index is 0.275. The maximum atomic E-state index is 9.68. The van der Waals surface area contributed by atoms with Crippen molar-refractivity contribution in [3.63, 3.8) is 0 Å². The molecule has 1 fully saturated rings. The summed E-state index contributed by atoms with van der Waals surface area (Å²) in [6, 6.07) is 16.6. The van der Waals surface area contributed by atoms with Crippen molar-refractivity contribution in [3.8, 4) is 5.75 Å². The van der Waals surface area contributed by atoms with E-state index in [-0.39, 0.29) is 5.75 Å². The maximum absolute atomic E-state index is 9.68. The lowest BCUT2D eigenvalue weighted by atomic mass is 9.81. The second kappa shape index (κ2) is 7.34. The lowest BCUT2D eigenvalue weighted by Crippen LogP contribution is -2.36. The first-order valence-electron chi connectivity index (χ1n) is 9.35. The molecule has 0 unspecified atom stereocenters. The van der Waals surface area contributed by atoms with Crippen molar-refractivity contribution in [2.24, 2.45) is 0 Å². The van der Waals surface area contributed by atoms with Gasteiger partial charge >= 0.3 is 0 Å². The summed E-state index contributed by atoms with van der Waals surface area (Å²) in [5.74, 6) is 0.833. The van der Waals surface area contributed by atoms with E-state index < -0.39 is 0 Å². The molecule has 1 aromatic heterocycles. The number of nitrogens with zero attached hydrogens (tertiary/aromatic N) is 1. The van der Waals surface area contributed by atoms with Crippen LogP contribution >= 0.6 is 0 Å². The lowest BCUT2D eigenvalue weighted by molar-refractivity contribution is 0.358. The molecule has 0 radical (unpaired) electrons. The van der Waals surface area contributed by atoms with E-state index in [2.05, 4.69) is 53.1 Å². The molecule has 4 rings (SSSR count). The van der Waals surface area contributed by atoms with Crippen LogP contribution in [0.25, 0.3) is 10.9 Å². The number of hydrogen-bond donors (Lipinski definition) is 3. The van der Waals surface area contributed by atoms with Gasteiger partial charge in [-0.2, -0.15) is 0 Å². The molecule has 4 nitrogen and oxygen atoms in total. The average molecular weight is 347 g/mol. The highest BCUT2D eigenvalue weighted by molar-refractivity contribution is 5.83. The first kappa shape index (κ1) is 16.9. The number of benzene rings is 2. The molecule has 26 heavy (non-hydrogen) atoms. The predicted molar refractivity (Wildman–Crippen MR) is 106 cm³/mol. The molecule has 0 saturated heterocycles. The van der Waals surface area contributed by atoms with Crippen LogP contribution in [0.1, 0.15) is 42.7 Å². The van der Waals surface area contributed by atoms with E-state index in [4.69, 9.17) is 0 Å². The lowest BCUT2D eigenvalue weighted by Gasteiger charge is -2.30. The third-order valence-corrected chi connectivity index (χ3v) is 5.40. The van der Waals surface area contributed by atoms with Gasteiger partial charge in [0.1, 0.15) is 5.75 Å². The number of phenols is 1. The number of pyridine rings is 1. The fraction of sp³-hybridized carbons (Fsp3) is 0.318. The number of phenolic OH excluding ortho intramolecular Hbond substituents is 1. The van der Waals surface area contributed by atoms with E-state index in [1.165, 1.54) is 16.5 Å². The van der Waals surface area contributed by atoms with Crippen LogP contribution in [0, 0.1) is 6.92 Å². The van der Waals surface area contributed by atoms with Crippen molar-refractivity contribution in [2.45, 2.75) is 44.6 Å². The van der Waals surface area contributed by atoms with Gasteiger partial charge in [-0.1, -0.05) is 17.7 Å². The first-order valence-corrected chi connectivity index (χ1v) is 9.35. The van der Waals surface area contributed by atoms with Crippen LogP contribution in [0.15, 0.2) is 54.7 Å². The SMILES string of the molecule is Cc1ccc(NNC2CCC(c3ccnc4cc(O)ccc34)CC2)cc1. The number of hydrogen-bond acceptors (Lipinski definition) is 4. The van der Waals surface area contributed by atoms with Gasteiger partial charge < -0.3 is 10.5 Å². The summed E-state index contributed by atoms with van der Waals surface area (Å²) in [5, 5.41) is 10.8. The highest BCUT2D eigenvalue weighted by Crippen LogP contribution is 2.36. The van der Waals surface area contributed by atoms with Crippen molar-refractivity contribution in [2.75, 3.05) is 5.43 Å². The summed E-state index contributed by atoms with van der Waals surface area (Å²) >= 11 is 0. The van der Waals surface area contributed by atoms with Crippen LogP contribution < -0.4 is 10.9 Å². The van der Waals surface area contributed by atoms with Crippen LogP contribution in [0.4, 0.5) is 5.69 Å². The fourth-order valence-electron chi connectivity index (χ4n) is 3.89. The molecule has 1 aliphatic rings. The van der Waals surface area contributed by atoms with Gasteiger partial charge in [0.25, 0.3) is 0 Å². The van der Waals surface area contributed by atoms with Crippen LogP contribution in [0.3, 0.4) is 0 Å². The van der Waals surface area contributed by atoms with Crippen molar-refractivity contribution in [1.82, 2.24) is 10.4 Å². The monoisotopic (exact) mass is 347 g/mol. The van der Waals surface area contributed by atoms with Gasteiger partial charge in [0.2, 0.25) is 0 Å². The zero-order valence-electron chi connectivity index (χ0n) is 15.1. The van der Waals surface area contributed by atoms with Crippen LogP contribution in [0.5, 0.6) is 5.75 Å². The summed E-state index contributed by atoms with van der Waals surface area (Å²) in [6.45, 7) is 2.10. The first-order chi connectivity index (χ1) is 12.7. The number of aryl methyl sites for hydroxylation is 1. The van der Waals surface area contributed by atoms with E-state index in [1.54, 1.807) is 12.1 Å². The van der Waals surface area contributed by atoms with Gasteiger partial charge in [-0.3, -0.25) is 4.98 Å². The minimum Gasteiger partial charge on any atom is -0.508 e. The Morgan fingerprint density at radius 3 is 2.50 bits per heavy atom. The smallest absolute Gasteiger partial charge is 0.117 e. The van der Waals surface area contributed by atoms with Gasteiger partial charge in [0.15, 0.2) is 0 Å². The normalized spacial score (nSPS) is 20.2. The number of aromatic hydroxyl groups is 1. The molecule has 4 heteroatoms. The van der Waals surface area contributed by atoms with Gasteiger partial charge in [-0.05, 0) is 74.4 Å². The molecule has 3 aromatic rings. The number of aromatic nitrogens is 1. The zero-order chi connectivity index (χ0) is 17.9. The van der Waals surface area contributed by atoms with E-state index in [0.717, 1.165) is 36.9 Å². The molecular weight excluding hydrogens is 322 g/mol. The quantitative estimate of drug-likeness (QED) is 0.588. The predicted octanol–water partition coefficient (Wildman–Crippen LogP) is 4.89. The Balaban J connectivity index is 1.38. The van der Waals surface area contributed by atoms with E-state index >= 15 is 0 Å². The highest BCUT2D eigenvalue weighted by atomic mass is 16.3. The Bertz CT molecular complexity index is 884. The number of fused-ring (bicyclic) bond motifs is 1. The Kier molecular flexibility index (Phi) is 4.76. The minimum atomic E-state index is 0.275. The third kappa shape index (κ3) is 3.65. The van der Waals surface area contributed by atoms with E-state index in [1.807, 2.05) is 12.3 Å². The Morgan fingerprint density at radius 2 is 1.73 bits per heavy atom. The van der Waals surface area contributed by atoms with Crippen molar-refractivity contribution < 1.29 is 5.11 Å². The molecule has 0 aliphatic heterocycles. The Hall–Kier alpha value is -2.59. The fourth-order valence-corrected chi connectivity index (χ4v) is 3.89. The van der Waals surface area contributed by atoms with Crippen LogP contribution in [-0.2, 0) is 0 Å². The molecule has 1 heterocycles. The molecule has 3 N–H and O–H groups in total. The topological polar surface area (TPSA) is 57.2 Å². The molecular formula is C22H25N3O. The molecule has 0 atom stereocenters. The van der Waals surface area contributed by atoms with Gasteiger partial charge in [-0.25, -0.2) is 5.43 Å². The molecule has 134 valence electrons. The number of nitrogens with one attached hydrogen (secondary N) is 2. The number of rotatable bonds is 4. The summed E-state index contributed by atoms with van der Waals surface area (Å²) < 4.78 is 0. The third-order valence-electron chi connectivity index (χ3n) is 5.40. The second-order valence-corrected chi connectivity index (χ2v) is 7.29. The van der Waals surface area contributed by atoms with Gasteiger partial charge in [0.05, 0.1) is 5.52 Å². The van der Waals surface area contributed by atoms with E-state index in [9.17, 15) is 5.11 Å². The highest BCUT2D eigenvalue weighted by Gasteiger charge is 2.23. The zero-order valence-corrected chi connectivity index (χ0v) is 15.1. The summed E-state index contributed by atoms with van der Waals surface area (Å²) in [6.07, 6.45) is 6.47. The summed E-state index contributed by atoms with van der Waals surface area (Å²) in [7, 11) is 0. The van der Waals surface area contributed by atoms with Crippen molar-refractivity contribution in [1.29, 1.82) is 0 Å². The van der Waals surface area contributed by atoms with E-state index in [0.29, 0.717) is 12.0 Å². The second-order valence-electron chi connectivity index (χ2n) is 7.29. The molecule has 1 aliphatic carbocycles. The van der Waals surface area contributed by atoms with Crippen molar-refractivity contribution >= 4 is 16.6 Å². The Morgan fingerprint density at radius 1 is 0.962 bits per heavy atom. The standard InChI is InChI=1S/C22H25N3O/c1-15-2-6-17(7-3-15)24-25-18-8-4-16(5-9-18)20-12-13-23-22-14-19(26)10-11-21(20)22/h2-3,6-7,10-14,16,18,24-26H,4-5,8-9H2,1H3. The maximum Gasteiger partial charge on any atom is 0.117 e. The molecule has 2 aromatic carbocycles. The van der Waals surface area contributed by atoms with Gasteiger partial charge in [0, 0.05) is 29.4 Å². The molecule has 0 amide bonds. The van der Waals surface area contributed by atoms with Crippen LogP contribution in [0.2, 0.25) is 0 Å². The number of anilines is 1. The summed E-state index contributed by atoms with van der Waals surface area (Å²) in [5.41, 5.74) is 11.4. The molecule has 1 saturated carbocycles. The largest absolute Gasteiger partial charge is 0.508 e. The van der Waals surface area contributed by atoms with Gasteiger partial charge in [-0.15, -0.1) is 0 Å². The number of hydrazine groups is 1. The average Bonchev–Trinajstić information content (AvgIpc) is 2.67. The summed E-state index contributed by atoms with van der Waals surface area (Å²) in [4.78, 5) is 4.40. The van der Waals surface area contributed by atoms with Crippen molar-refractivity contribution in [3.05, 3.63) is 65.9 Å². The molecule has 0 spiro atoms. The van der Waals surface area contributed by atoms with Crippen LogP contribution in [-0.4, -0.2) is 16.1 Å². The Labute approximate surface area is 154 Å². The molecule has 0 bridgehead atoms.